The van der Waals surface area contributed by atoms with Crippen LogP contribution in [0.1, 0.15) is 44.4 Å². The number of nitrogens with zero attached hydrogens (tertiary/aromatic N) is 1. The third-order valence-electron chi connectivity index (χ3n) is 3.13. The van der Waals surface area contributed by atoms with Crippen molar-refractivity contribution < 1.29 is 19.4 Å². The van der Waals surface area contributed by atoms with Crippen molar-refractivity contribution in [1.29, 1.82) is 0 Å². The lowest BCUT2D eigenvalue weighted by Gasteiger charge is -2.28. The van der Waals surface area contributed by atoms with E-state index in [0.717, 1.165) is 11.1 Å². The predicted octanol–water partition coefficient (Wildman–Crippen LogP) is 2.95. The van der Waals surface area contributed by atoms with E-state index in [-0.39, 0.29) is 6.42 Å². The van der Waals surface area contributed by atoms with Gasteiger partial charge in [-0.05, 0) is 31.9 Å². The zero-order valence-corrected chi connectivity index (χ0v) is 11.9. The summed E-state index contributed by atoms with van der Waals surface area (Å²) in [7, 11) is 0. The molecule has 2 rings (SSSR count). The summed E-state index contributed by atoms with van der Waals surface area (Å²) >= 11 is 0. The number of hydrogen-bond acceptors (Lipinski definition) is 3. The van der Waals surface area contributed by atoms with Gasteiger partial charge in [0.15, 0.2) is 0 Å². The topological polar surface area (TPSA) is 66.8 Å². The lowest BCUT2D eigenvalue weighted by atomic mass is 10.0. The van der Waals surface area contributed by atoms with Crippen molar-refractivity contribution in [2.24, 2.45) is 0 Å². The normalized spacial score (nSPS) is 17.8. The van der Waals surface area contributed by atoms with E-state index in [4.69, 9.17) is 9.84 Å². The standard InChI is InChI=1S/C15H19NO4/c1-15(2,3)20-14(19)16-9-10-6-4-5-7-11(10)12(16)8-13(17)18/h4-7,12H,8-9H2,1-3H3,(H,17,18)/t12-/m0/s1. The summed E-state index contributed by atoms with van der Waals surface area (Å²) in [4.78, 5) is 24.8. The molecular weight excluding hydrogens is 258 g/mol. The molecule has 0 bridgehead atoms. The molecule has 0 saturated heterocycles. The number of rotatable bonds is 2. The maximum atomic E-state index is 12.2. The van der Waals surface area contributed by atoms with E-state index in [9.17, 15) is 9.59 Å². The molecule has 0 radical (unpaired) electrons. The minimum atomic E-state index is -0.930. The van der Waals surface area contributed by atoms with Gasteiger partial charge in [-0.25, -0.2) is 4.79 Å². The molecule has 0 aromatic heterocycles. The van der Waals surface area contributed by atoms with Crippen LogP contribution in [-0.4, -0.2) is 27.7 Å². The minimum Gasteiger partial charge on any atom is -0.481 e. The molecule has 0 aliphatic carbocycles. The Balaban J connectivity index is 2.25. The van der Waals surface area contributed by atoms with Gasteiger partial charge in [0.05, 0.1) is 12.5 Å². The van der Waals surface area contributed by atoms with Gasteiger partial charge < -0.3 is 9.84 Å². The Labute approximate surface area is 118 Å². The molecule has 0 fully saturated rings. The van der Waals surface area contributed by atoms with Crippen molar-refractivity contribution in [2.45, 2.75) is 45.4 Å². The molecule has 108 valence electrons. The summed E-state index contributed by atoms with van der Waals surface area (Å²) in [5, 5.41) is 9.05. The Bertz CT molecular complexity index is 533. The molecule has 1 N–H and O–H groups in total. The van der Waals surface area contributed by atoms with Crippen LogP contribution in [0, 0.1) is 0 Å². The van der Waals surface area contributed by atoms with Crippen molar-refractivity contribution in [3.8, 4) is 0 Å². The Hall–Kier alpha value is -2.04. The van der Waals surface area contributed by atoms with Gasteiger partial charge in [0.2, 0.25) is 0 Å². The lowest BCUT2D eigenvalue weighted by Crippen LogP contribution is -2.36. The van der Waals surface area contributed by atoms with Crippen LogP contribution in [0.15, 0.2) is 24.3 Å². The van der Waals surface area contributed by atoms with Crippen molar-refractivity contribution >= 4 is 12.1 Å². The molecule has 1 heterocycles. The van der Waals surface area contributed by atoms with Gasteiger partial charge in [-0.1, -0.05) is 24.3 Å². The van der Waals surface area contributed by atoms with Crippen LogP contribution in [0.4, 0.5) is 4.79 Å². The first-order valence-electron chi connectivity index (χ1n) is 6.57. The Kier molecular flexibility index (Phi) is 3.70. The van der Waals surface area contributed by atoms with Crippen molar-refractivity contribution in [3.05, 3.63) is 35.4 Å². The van der Waals surface area contributed by atoms with Crippen LogP contribution in [0.2, 0.25) is 0 Å². The van der Waals surface area contributed by atoms with Crippen LogP contribution in [0.5, 0.6) is 0 Å². The number of fused-ring (bicyclic) bond motifs is 1. The van der Waals surface area contributed by atoms with Crippen molar-refractivity contribution in [1.82, 2.24) is 4.90 Å². The highest BCUT2D eigenvalue weighted by molar-refractivity contribution is 5.73. The lowest BCUT2D eigenvalue weighted by molar-refractivity contribution is -0.138. The number of benzene rings is 1. The maximum absolute atomic E-state index is 12.2. The third kappa shape index (κ3) is 3.10. The first-order chi connectivity index (χ1) is 9.28. The van der Waals surface area contributed by atoms with E-state index >= 15 is 0 Å². The zero-order chi connectivity index (χ0) is 14.9. The fraction of sp³-hybridized carbons (Fsp3) is 0.467. The second-order valence-corrected chi connectivity index (χ2v) is 5.92. The van der Waals surface area contributed by atoms with Crippen LogP contribution in [0.3, 0.4) is 0 Å². The molecule has 1 atom stereocenters. The SMILES string of the molecule is CC(C)(C)OC(=O)N1Cc2ccccc2[C@@H]1CC(=O)O. The largest absolute Gasteiger partial charge is 0.481 e. The summed E-state index contributed by atoms with van der Waals surface area (Å²) in [5.41, 5.74) is 1.27. The van der Waals surface area contributed by atoms with Crippen LogP contribution in [-0.2, 0) is 16.1 Å². The first-order valence-corrected chi connectivity index (χ1v) is 6.57. The monoisotopic (exact) mass is 277 g/mol. The summed E-state index contributed by atoms with van der Waals surface area (Å²) < 4.78 is 5.36. The van der Waals surface area contributed by atoms with Gasteiger partial charge in [0.1, 0.15) is 5.60 Å². The predicted molar refractivity (Wildman–Crippen MR) is 73.2 cm³/mol. The van der Waals surface area contributed by atoms with E-state index in [2.05, 4.69) is 0 Å². The Morgan fingerprint density at radius 2 is 2.00 bits per heavy atom. The quantitative estimate of drug-likeness (QED) is 0.902. The molecular formula is C15H19NO4. The molecule has 1 aliphatic heterocycles. The first kappa shape index (κ1) is 14.4. The van der Waals surface area contributed by atoms with E-state index in [1.807, 2.05) is 24.3 Å². The minimum absolute atomic E-state index is 0.115. The van der Waals surface area contributed by atoms with Crippen molar-refractivity contribution in [2.75, 3.05) is 0 Å². The zero-order valence-electron chi connectivity index (χ0n) is 11.9. The molecule has 1 amide bonds. The van der Waals surface area contributed by atoms with Crippen molar-refractivity contribution in [3.63, 3.8) is 0 Å². The van der Waals surface area contributed by atoms with Gasteiger partial charge >= 0.3 is 12.1 Å². The second kappa shape index (κ2) is 5.15. The number of carboxylic acids is 1. The summed E-state index contributed by atoms with van der Waals surface area (Å²) in [6.07, 6.45) is -0.587. The molecule has 1 aromatic rings. The van der Waals surface area contributed by atoms with Crippen LogP contribution in [0.25, 0.3) is 0 Å². The van der Waals surface area contributed by atoms with Gasteiger partial charge in [0, 0.05) is 6.54 Å². The number of hydrogen-bond donors (Lipinski definition) is 1. The van der Waals surface area contributed by atoms with E-state index < -0.39 is 23.7 Å². The molecule has 0 spiro atoms. The van der Waals surface area contributed by atoms with Crippen LogP contribution >= 0.6 is 0 Å². The highest BCUT2D eigenvalue weighted by Gasteiger charge is 2.36. The Morgan fingerprint density at radius 1 is 1.35 bits per heavy atom. The maximum Gasteiger partial charge on any atom is 0.411 e. The van der Waals surface area contributed by atoms with Crippen LogP contribution < -0.4 is 0 Å². The average Bonchev–Trinajstić information content (AvgIpc) is 2.66. The van der Waals surface area contributed by atoms with E-state index in [1.165, 1.54) is 4.90 Å². The number of carbonyl (C=O) groups excluding carboxylic acids is 1. The molecule has 5 heteroatoms. The second-order valence-electron chi connectivity index (χ2n) is 5.92. The summed E-state index contributed by atoms with van der Waals surface area (Å²) in [6, 6.07) is 7.06. The van der Waals surface area contributed by atoms with E-state index in [1.54, 1.807) is 20.8 Å². The number of carbonyl (C=O) groups is 2. The molecule has 20 heavy (non-hydrogen) atoms. The summed E-state index contributed by atoms with van der Waals surface area (Å²) in [5.74, 6) is -0.930. The molecule has 0 saturated carbocycles. The number of amides is 1. The Morgan fingerprint density at radius 3 is 2.60 bits per heavy atom. The van der Waals surface area contributed by atoms with E-state index in [0.29, 0.717) is 6.54 Å². The number of ether oxygens (including phenoxy) is 1. The van der Waals surface area contributed by atoms with Gasteiger partial charge in [-0.15, -0.1) is 0 Å². The highest BCUT2D eigenvalue weighted by Crippen LogP contribution is 2.36. The molecule has 0 unspecified atom stereocenters. The average molecular weight is 277 g/mol. The third-order valence-corrected chi connectivity index (χ3v) is 3.13. The molecule has 1 aliphatic rings. The summed E-state index contributed by atoms with van der Waals surface area (Å²) in [6.45, 7) is 5.77. The highest BCUT2D eigenvalue weighted by atomic mass is 16.6. The van der Waals surface area contributed by atoms with Gasteiger partial charge in [0.25, 0.3) is 0 Å². The smallest absolute Gasteiger partial charge is 0.411 e. The number of aliphatic carboxylic acids is 1. The number of carboxylic acid groups (broad SMARTS) is 1. The fourth-order valence-corrected chi connectivity index (χ4v) is 2.36. The van der Waals surface area contributed by atoms with Gasteiger partial charge in [-0.2, -0.15) is 0 Å². The van der Waals surface area contributed by atoms with Gasteiger partial charge in [-0.3, -0.25) is 9.69 Å². The molecule has 1 aromatic carbocycles. The molecule has 5 nitrogen and oxygen atoms in total. The fourth-order valence-electron chi connectivity index (χ4n) is 2.36.